The average molecular weight is 466 g/mol. The van der Waals surface area contributed by atoms with Gasteiger partial charge < -0.3 is 14.2 Å². The molecule has 7 nitrogen and oxygen atoms in total. The molecule has 2 aromatic carbocycles. The Balaban J connectivity index is 1.30. The lowest BCUT2D eigenvalue weighted by Gasteiger charge is -2.35. The summed E-state index contributed by atoms with van der Waals surface area (Å²) in [6.07, 6.45) is 4.75. The fourth-order valence-electron chi connectivity index (χ4n) is 3.70. The van der Waals surface area contributed by atoms with E-state index in [1.807, 2.05) is 4.90 Å². The number of anilines is 1. The zero-order chi connectivity index (χ0) is 23.3. The van der Waals surface area contributed by atoms with Gasteiger partial charge >= 0.3 is 0 Å². The first-order chi connectivity index (χ1) is 15.9. The molecule has 1 aliphatic rings. The molecule has 33 heavy (non-hydrogen) atoms. The van der Waals surface area contributed by atoms with E-state index in [1.54, 1.807) is 36.4 Å². The molecular formula is C25H27N3O4S. The summed E-state index contributed by atoms with van der Waals surface area (Å²) in [4.78, 5) is 16.9. The van der Waals surface area contributed by atoms with Gasteiger partial charge in [-0.15, -0.1) is 0 Å². The van der Waals surface area contributed by atoms with Crippen LogP contribution in [0.4, 0.5) is 5.69 Å². The van der Waals surface area contributed by atoms with E-state index in [0.717, 1.165) is 18.7 Å². The van der Waals surface area contributed by atoms with Crippen LogP contribution in [0.15, 0.2) is 82.3 Å². The fourth-order valence-corrected chi connectivity index (χ4v) is 4.70. The first-order valence-corrected chi connectivity index (χ1v) is 12.3. The fraction of sp³-hybridized carbons (Fsp3) is 0.240. The second-order valence-electron chi connectivity index (χ2n) is 7.96. The number of aryl methyl sites for hydroxylation is 1. The van der Waals surface area contributed by atoms with Crippen molar-refractivity contribution in [1.82, 2.24) is 9.62 Å². The van der Waals surface area contributed by atoms with E-state index >= 15 is 0 Å². The number of sulfonamides is 1. The van der Waals surface area contributed by atoms with Crippen LogP contribution in [-0.4, -0.2) is 45.4 Å². The minimum absolute atomic E-state index is 0.0456. The minimum atomic E-state index is -3.65. The van der Waals surface area contributed by atoms with E-state index in [0.29, 0.717) is 18.8 Å². The lowest BCUT2D eigenvalue weighted by Crippen LogP contribution is -2.48. The van der Waals surface area contributed by atoms with Gasteiger partial charge in [-0.05, 0) is 60.5 Å². The molecule has 1 fully saturated rings. The van der Waals surface area contributed by atoms with E-state index in [2.05, 4.69) is 40.8 Å². The first kappa shape index (κ1) is 22.8. The number of benzene rings is 2. The zero-order valence-electron chi connectivity index (χ0n) is 18.5. The van der Waals surface area contributed by atoms with Crippen molar-refractivity contribution in [2.75, 3.05) is 31.1 Å². The lowest BCUT2D eigenvalue weighted by molar-refractivity contribution is -0.126. The molecule has 0 bridgehead atoms. The maximum Gasteiger partial charge on any atom is 0.246 e. The van der Waals surface area contributed by atoms with Crippen LogP contribution < -0.4 is 9.62 Å². The van der Waals surface area contributed by atoms with Crippen LogP contribution in [0.25, 0.3) is 6.08 Å². The molecule has 1 aliphatic heterocycles. The Morgan fingerprint density at radius 3 is 2.45 bits per heavy atom. The Hall–Kier alpha value is -3.36. The number of carbonyl (C=O) groups is 1. The molecule has 1 aromatic heterocycles. The van der Waals surface area contributed by atoms with Gasteiger partial charge in [0.05, 0.1) is 17.7 Å². The van der Waals surface area contributed by atoms with Gasteiger partial charge in [0.1, 0.15) is 5.76 Å². The summed E-state index contributed by atoms with van der Waals surface area (Å²) in [6.45, 7) is 5.07. The van der Waals surface area contributed by atoms with E-state index in [4.69, 9.17) is 4.42 Å². The third-order valence-corrected chi connectivity index (χ3v) is 7.00. The summed E-state index contributed by atoms with van der Waals surface area (Å²) in [7, 11) is -3.65. The number of carbonyl (C=O) groups excluding carboxylic acids is 1. The van der Waals surface area contributed by atoms with Gasteiger partial charge in [0.15, 0.2) is 0 Å². The minimum Gasteiger partial charge on any atom is -0.468 e. The summed E-state index contributed by atoms with van der Waals surface area (Å²) in [6, 6.07) is 18.2. The smallest absolute Gasteiger partial charge is 0.246 e. The van der Waals surface area contributed by atoms with Crippen LogP contribution in [0, 0.1) is 6.92 Å². The topological polar surface area (TPSA) is 82.9 Å². The Kier molecular flexibility index (Phi) is 6.96. The SMILES string of the molecule is Cc1cccc(N2CCN(C(=O)/C=C/c3ccc(S(=O)(=O)NCc4ccco4)cc3)CC2)c1. The van der Waals surface area contributed by atoms with Crippen molar-refractivity contribution in [1.29, 1.82) is 0 Å². The maximum atomic E-state index is 12.6. The van der Waals surface area contributed by atoms with Gasteiger partial charge in [-0.2, -0.15) is 0 Å². The Morgan fingerprint density at radius 2 is 1.79 bits per heavy atom. The molecule has 172 valence electrons. The molecule has 2 heterocycles. The van der Waals surface area contributed by atoms with Crippen LogP contribution in [0.1, 0.15) is 16.9 Å². The predicted octanol–water partition coefficient (Wildman–Crippen LogP) is 3.43. The highest BCUT2D eigenvalue weighted by Gasteiger charge is 2.20. The standard InChI is InChI=1S/C25H27N3O4S/c1-20-4-2-5-22(18-20)27-13-15-28(16-14-27)25(29)12-9-21-7-10-24(11-8-21)33(30,31)26-19-23-6-3-17-32-23/h2-12,17-18,26H,13-16,19H2,1H3/b12-9+. The number of hydrogen-bond donors (Lipinski definition) is 1. The van der Waals surface area contributed by atoms with Gasteiger partial charge in [-0.3, -0.25) is 4.79 Å². The van der Waals surface area contributed by atoms with Crippen LogP contribution in [0.3, 0.4) is 0 Å². The summed E-state index contributed by atoms with van der Waals surface area (Å²) < 4.78 is 32.5. The van der Waals surface area contributed by atoms with E-state index < -0.39 is 10.0 Å². The van der Waals surface area contributed by atoms with Crippen LogP contribution in [0.5, 0.6) is 0 Å². The summed E-state index contributed by atoms with van der Waals surface area (Å²) in [5.74, 6) is 0.493. The third-order valence-electron chi connectivity index (χ3n) is 5.58. The van der Waals surface area contributed by atoms with Crippen molar-refractivity contribution in [3.63, 3.8) is 0 Å². The van der Waals surface area contributed by atoms with Crippen molar-refractivity contribution >= 4 is 27.7 Å². The number of rotatable bonds is 7. The van der Waals surface area contributed by atoms with Gasteiger partial charge in [0, 0.05) is 37.9 Å². The Bertz CT molecular complexity index is 1210. The zero-order valence-corrected chi connectivity index (χ0v) is 19.3. The molecular weight excluding hydrogens is 438 g/mol. The molecule has 0 radical (unpaired) electrons. The molecule has 0 atom stereocenters. The quantitative estimate of drug-likeness (QED) is 0.541. The monoisotopic (exact) mass is 465 g/mol. The summed E-state index contributed by atoms with van der Waals surface area (Å²) >= 11 is 0. The molecule has 0 saturated carbocycles. The van der Waals surface area contributed by atoms with Gasteiger partial charge in [-0.1, -0.05) is 24.3 Å². The first-order valence-electron chi connectivity index (χ1n) is 10.8. The van der Waals surface area contributed by atoms with Gasteiger partial charge in [-0.25, -0.2) is 13.1 Å². The third kappa shape index (κ3) is 5.91. The number of nitrogens with zero attached hydrogens (tertiary/aromatic N) is 2. The van der Waals surface area contributed by atoms with E-state index in [1.165, 1.54) is 29.6 Å². The highest BCUT2D eigenvalue weighted by atomic mass is 32.2. The number of furan rings is 1. The van der Waals surface area contributed by atoms with Crippen LogP contribution in [0.2, 0.25) is 0 Å². The van der Waals surface area contributed by atoms with Crippen molar-refractivity contribution in [3.8, 4) is 0 Å². The lowest BCUT2D eigenvalue weighted by atomic mass is 10.2. The van der Waals surface area contributed by atoms with Crippen molar-refractivity contribution in [2.24, 2.45) is 0 Å². The maximum absolute atomic E-state index is 12.6. The predicted molar refractivity (Wildman–Crippen MR) is 128 cm³/mol. The molecule has 8 heteroatoms. The molecule has 0 spiro atoms. The summed E-state index contributed by atoms with van der Waals surface area (Å²) in [5, 5.41) is 0. The Labute approximate surface area is 194 Å². The van der Waals surface area contributed by atoms with Crippen molar-refractivity contribution in [2.45, 2.75) is 18.4 Å². The number of hydrogen-bond acceptors (Lipinski definition) is 5. The van der Waals surface area contributed by atoms with Gasteiger partial charge in [0.2, 0.25) is 15.9 Å². The van der Waals surface area contributed by atoms with E-state index in [-0.39, 0.29) is 17.3 Å². The number of amides is 1. The van der Waals surface area contributed by atoms with Crippen LogP contribution in [-0.2, 0) is 21.4 Å². The highest BCUT2D eigenvalue weighted by molar-refractivity contribution is 7.89. The van der Waals surface area contributed by atoms with Crippen molar-refractivity contribution in [3.05, 3.63) is 89.9 Å². The molecule has 0 aliphatic carbocycles. The largest absolute Gasteiger partial charge is 0.468 e. The second kappa shape index (κ2) is 10.1. The molecule has 1 saturated heterocycles. The van der Waals surface area contributed by atoms with Gasteiger partial charge in [0.25, 0.3) is 0 Å². The number of nitrogens with one attached hydrogen (secondary N) is 1. The average Bonchev–Trinajstić information content (AvgIpc) is 3.36. The van der Waals surface area contributed by atoms with Crippen molar-refractivity contribution < 1.29 is 17.6 Å². The number of piperazine rings is 1. The molecule has 1 N–H and O–H groups in total. The molecule has 4 rings (SSSR count). The Morgan fingerprint density at radius 1 is 1.03 bits per heavy atom. The summed E-state index contributed by atoms with van der Waals surface area (Å²) in [5.41, 5.74) is 3.17. The second-order valence-corrected chi connectivity index (χ2v) is 9.72. The van der Waals surface area contributed by atoms with E-state index in [9.17, 15) is 13.2 Å². The van der Waals surface area contributed by atoms with Crippen LogP contribution >= 0.6 is 0 Å². The highest BCUT2D eigenvalue weighted by Crippen LogP contribution is 2.18. The normalized spacial score (nSPS) is 14.7. The molecule has 1 amide bonds. The molecule has 0 unspecified atom stereocenters. The molecule has 3 aromatic rings.